The standard InChI is InChI=1S/C13H15NOS/c15-13(14-11-3-1-2-4-11)9-10-5-7-12(16)8-6-10/h1-2,5-8,11,16H,3-4,9H2,(H,14,15). The van der Waals surface area contributed by atoms with Gasteiger partial charge >= 0.3 is 0 Å². The number of carbonyl (C=O) groups is 1. The topological polar surface area (TPSA) is 29.1 Å². The quantitative estimate of drug-likeness (QED) is 0.609. The molecule has 84 valence electrons. The molecule has 16 heavy (non-hydrogen) atoms. The summed E-state index contributed by atoms with van der Waals surface area (Å²) in [5, 5.41) is 3.02. The number of amides is 1. The highest BCUT2D eigenvalue weighted by molar-refractivity contribution is 7.80. The summed E-state index contributed by atoms with van der Waals surface area (Å²) in [6.07, 6.45) is 6.59. The number of benzene rings is 1. The zero-order chi connectivity index (χ0) is 11.4. The van der Waals surface area contributed by atoms with E-state index in [0.717, 1.165) is 23.3 Å². The fraction of sp³-hybridized carbons (Fsp3) is 0.308. The lowest BCUT2D eigenvalue weighted by Crippen LogP contribution is -2.33. The molecule has 0 unspecified atom stereocenters. The van der Waals surface area contributed by atoms with Gasteiger partial charge in [-0.3, -0.25) is 4.79 Å². The molecule has 1 aromatic rings. The van der Waals surface area contributed by atoms with E-state index in [0.29, 0.717) is 12.5 Å². The van der Waals surface area contributed by atoms with Gasteiger partial charge in [0, 0.05) is 10.9 Å². The van der Waals surface area contributed by atoms with Crippen LogP contribution in [-0.4, -0.2) is 11.9 Å². The number of hydrogen-bond acceptors (Lipinski definition) is 2. The Morgan fingerprint density at radius 3 is 2.50 bits per heavy atom. The van der Waals surface area contributed by atoms with Crippen LogP contribution < -0.4 is 5.32 Å². The first-order chi connectivity index (χ1) is 7.74. The number of nitrogens with one attached hydrogen (secondary N) is 1. The van der Waals surface area contributed by atoms with Crippen molar-refractivity contribution < 1.29 is 4.79 Å². The minimum Gasteiger partial charge on any atom is -0.352 e. The first-order valence-corrected chi connectivity index (χ1v) is 5.91. The van der Waals surface area contributed by atoms with Crippen LogP contribution in [0.2, 0.25) is 0 Å². The Hall–Kier alpha value is -1.22. The molecule has 0 heterocycles. The van der Waals surface area contributed by atoms with Crippen LogP contribution >= 0.6 is 12.6 Å². The molecule has 1 N–H and O–H groups in total. The second-order valence-electron chi connectivity index (χ2n) is 4.05. The lowest BCUT2D eigenvalue weighted by molar-refractivity contribution is -0.121. The Bertz CT molecular complexity index is 389. The molecular weight excluding hydrogens is 218 g/mol. The average molecular weight is 233 g/mol. The van der Waals surface area contributed by atoms with Gasteiger partial charge in [-0.2, -0.15) is 0 Å². The summed E-state index contributed by atoms with van der Waals surface area (Å²) in [5.74, 6) is 0.0978. The molecule has 0 aliphatic heterocycles. The highest BCUT2D eigenvalue weighted by Crippen LogP contribution is 2.11. The lowest BCUT2D eigenvalue weighted by Gasteiger charge is -2.11. The fourth-order valence-corrected chi connectivity index (χ4v) is 1.96. The van der Waals surface area contributed by atoms with E-state index in [1.807, 2.05) is 24.3 Å². The number of thiol groups is 1. The Labute approximate surface area is 101 Å². The zero-order valence-corrected chi connectivity index (χ0v) is 9.91. The van der Waals surface area contributed by atoms with Crippen LogP contribution in [0.15, 0.2) is 41.3 Å². The molecule has 1 aliphatic carbocycles. The molecule has 2 nitrogen and oxygen atoms in total. The maximum Gasteiger partial charge on any atom is 0.224 e. The van der Waals surface area contributed by atoms with Crippen LogP contribution in [-0.2, 0) is 11.2 Å². The Morgan fingerprint density at radius 2 is 1.88 bits per heavy atom. The van der Waals surface area contributed by atoms with Crippen molar-refractivity contribution in [3.63, 3.8) is 0 Å². The Morgan fingerprint density at radius 1 is 1.25 bits per heavy atom. The largest absolute Gasteiger partial charge is 0.352 e. The predicted octanol–water partition coefficient (Wildman–Crippen LogP) is 2.35. The number of carbonyl (C=O) groups excluding carboxylic acids is 1. The van der Waals surface area contributed by atoms with Crippen molar-refractivity contribution >= 4 is 18.5 Å². The van der Waals surface area contributed by atoms with Gasteiger partial charge < -0.3 is 5.32 Å². The SMILES string of the molecule is O=C(Cc1ccc(S)cc1)NC1CC=CC1. The maximum atomic E-state index is 11.7. The van der Waals surface area contributed by atoms with E-state index in [-0.39, 0.29) is 5.91 Å². The molecule has 0 atom stereocenters. The molecule has 0 bridgehead atoms. The average Bonchev–Trinajstić information content (AvgIpc) is 2.74. The van der Waals surface area contributed by atoms with Crippen molar-refractivity contribution in [3.05, 3.63) is 42.0 Å². The second-order valence-corrected chi connectivity index (χ2v) is 4.57. The Balaban J connectivity index is 1.84. The molecule has 0 spiro atoms. The summed E-state index contributed by atoms with van der Waals surface area (Å²) in [7, 11) is 0. The molecule has 3 heteroatoms. The highest BCUT2D eigenvalue weighted by Gasteiger charge is 2.13. The third-order valence-electron chi connectivity index (χ3n) is 2.67. The normalized spacial score (nSPS) is 15.3. The first-order valence-electron chi connectivity index (χ1n) is 5.46. The summed E-state index contributed by atoms with van der Waals surface area (Å²) < 4.78 is 0. The van der Waals surface area contributed by atoms with E-state index in [4.69, 9.17) is 0 Å². The molecule has 0 aromatic heterocycles. The van der Waals surface area contributed by atoms with Crippen LogP contribution in [0.1, 0.15) is 18.4 Å². The van der Waals surface area contributed by atoms with Gasteiger partial charge in [0.15, 0.2) is 0 Å². The highest BCUT2D eigenvalue weighted by atomic mass is 32.1. The summed E-state index contributed by atoms with van der Waals surface area (Å²) >= 11 is 4.21. The van der Waals surface area contributed by atoms with Gasteiger partial charge in [0.25, 0.3) is 0 Å². The first kappa shape index (κ1) is 11.3. The molecule has 0 saturated carbocycles. The van der Waals surface area contributed by atoms with Crippen molar-refractivity contribution in [1.82, 2.24) is 5.32 Å². The summed E-state index contributed by atoms with van der Waals surface area (Å²) in [6.45, 7) is 0. The molecular formula is C13H15NOS. The van der Waals surface area contributed by atoms with Crippen LogP contribution in [0, 0.1) is 0 Å². The van der Waals surface area contributed by atoms with Crippen LogP contribution in [0.5, 0.6) is 0 Å². The van der Waals surface area contributed by atoms with Gasteiger partial charge in [0.05, 0.1) is 6.42 Å². The van der Waals surface area contributed by atoms with Crippen molar-refractivity contribution in [2.75, 3.05) is 0 Å². The molecule has 0 saturated heterocycles. The van der Waals surface area contributed by atoms with E-state index in [1.54, 1.807) is 0 Å². The maximum absolute atomic E-state index is 11.7. The summed E-state index contributed by atoms with van der Waals surface area (Å²) in [4.78, 5) is 12.6. The van der Waals surface area contributed by atoms with E-state index in [1.165, 1.54) is 0 Å². The fourth-order valence-electron chi connectivity index (χ4n) is 1.81. The van der Waals surface area contributed by atoms with E-state index < -0.39 is 0 Å². The van der Waals surface area contributed by atoms with Crippen molar-refractivity contribution in [1.29, 1.82) is 0 Å². The summed E-state index contributed by atoms with van der Waals surface area (Å²) in [5.41, 5.74) is 1.03. The zero-order valence-electron chi connectivity index (χ0n) is 9.02. The predicted molar refractivity (Wildman–Crippen MR) is 67.7 cm³/mol. The third kappa shape index (κ3) is 3.14. The van der Waals surface area contributed by atoms with Gasteiger partial charge in [0.1, 0.15) is 0 Å². The van der Waals surface area contributed by atoms with Gasteiger partial charge in [-0.25, -0.2) is 0 Å². The van der Waals surface area contributed by atoms with Crippen molar-refractivity contribution in [2.24, 2.45) is 0 Å². The smallest absolute Gasteiger partial charge is 0.224 e. The van der Waals surface area contributed by atoms with Crippen LogP contribution in [0.4, 0.5) is 0 Å². The number of hydrogen-bond donors (Lipinski definition) is 2. The van der Waals surface area contributed by atoms with Gasteiger partial charge in [-0.1, -0.05) is 24.3 Å². The molecule has 0 radical (unpaired) electrons. The van der Waals surface area contributed by atoms with Crippen molar-refractivity contribution in [2.45, 2.75) is 30.2 Å². The summed E-state index contributed by atoms with van der Waals surface area (Å²) in [6, 6.07) is 7.99. The molecule has 1 aromatic carbocycles. The van der Waals surface area contributed by atoms with E-state index in [2.05, 4.69) is 30.1 Å². The second kappa shape index (κ2) is 5.21. The van der Waals surface area contributed by atoms with Crippen molar-refractivity contribution in [3.8, 4) is 0 Å². The van der Waals surface area contributed by atoms with Crippen LogP contribution in [0.3, 0.4) is 0 Å². The molecule has 1 amide bonds. The molecule has 2 rings (SSSR count). The van der Waals surface area contributed by atoms with Gasteiger partial charge in [-0.05, 0) is 30.5 Å². The number of rotatable bonds is 3. The minimum atomic E-state index is 0.0978. The van der Waals surface area contributed by atoms with Crippen LogP contribution in [0.25, 0.3) is 0 Å². The molecule has 0 fully saturated rings. The van der Waals surface area contributed by atoms with E-state index >= 15 is 0 Å². The molecule has 1 aliphatic rings. The monoisotopic (exact) mass is 233 g/mol. The van der Waals surface area contributed by atoms with Gasteiger partial charge in [0.2, 0.25) is 5.91 Å². The van der Waals surface area contributed by atoms with Gasteiger partial charge in [-0.15, -0.1) is 12.6 Å². The Kier molecular flexibility index (Phi) is 3.67. The van der Waals surface area contributed by atoms with E-state index in [9.17, 15) is 4.79 Å². The minimum absolute atomic E-state index is 0.0978. The third-order valence-corrected chi connectivity index (χ3v) is 2.97. The lowest BCUT2D eigenvalue weighted by atomic mass is 10.1.